The van der Waals surface area contributed by atoms with E-state index < -0.39 is 0 Å². The summed E-state index contributed by atoms with van der Waals surface area (Å²) in [6.45, 7) is 20.5. The molecule has 1 aliphatic rings. The zero-order chi connectivity index (χ0) is 40.5. The number of para-hydroxylation sites is 1. The molecule has 1 heteroatoms. The zero-order valence-electron chi connectivity index (χ0n) is 35.7. The molecule has 0 unspecified atom stereocenters. The van der Waals surface area contributed by atoms with E-state index in [2.05, 4.69) is 219 Å². The molecule has 0 bridgehead atoms. The molecule has 1 nitrogen and oxygen atoms in total. The fourth-order valence-corrected chi connectivity index (χ4v) is 8.92. The van der Waals surface area contributed by atoms with E-state index in [1.165, 1.54) is 105 Å². The predicted octanol–water partition coefficient (Wildman–Crippen LogP) is 16.5. The number of hydrogen-bond donors (Lipinski definition) is 0. The van der Waals surface area contributed by atoms with Crippen LogP contribution in [0.25, 0.3) is 66.1 Å². The van der Waals surface area contributed by atoms with E-state index in [1.807, 2.05) is 0 Å². The number of hydrogen-bond acceptors (Lipinski definition) is 1. The standard InChI is InChI=1S/C57H55N/c1-36(2)27-38-14-12-15-47(28-38)58(55-16-11-10-13-37(55)3)48-26-21-41-30-51-52(33-42(41)29-48)54-35-44-32-50(40-19-24-46(25-20-40)57(7,8)9)49(31-43(44)34-53(51)54)39-17-22-45(23-18-39)56(4,5)6/h10-26,28-36H,27H2,1-9H3. The van der Waals surface area contributed by atoms with Crippen molar-refractivity contribution in [3.05, 3.63) is 174 Å². The predicted molar refractivity (Wildman–Crippen MR) is 252 cm³/mol. The van der Waals surface area contributed by atoms with Gasteiger partial charge in [0.2, 0.25) is 0 Å². The van der Waals surface area contributed by atoms with Crippen molar-refractivity contribution in [1.29, 1.82) is 0 Å². The van der Waals surface area contributed by atoms with Crippen LogP contribution in [0.1, 0.15) is 77.6 Å². The molecular weight excluding hydrogens is 699 g/mol. The molecule has 58 heavy (non-hydrogen) atoms. The second kappa shape index (κ2) is 14.2. The molecule has 8 aromatic rings. The number of fused-ring (bicyclic) bond motifs is 6. The Morgan fingerprint density at radius 1 is 0.431 bits per heavy atom. The van der Waals surface area contributed by atoms with Gasteiger partial charge in [-0.15, -0.1) is 0 Å². The molecule has 0 fully saturated rings. The van der Waals surface area contributed by atoms with Crippen molar-refractivity contribution in [1.82, 2.24) is 0 Å². The lowest BCUT2D eigenvalue weighted by Crippen LogP contribution is -2.12. The Hall–Kier alpha value is -5.92. The summed E-state index contributed by atoms with van der Waals surface area (Å²) in [5.41, 5.74) is 19.5. The van der Waals surface area contributed by atoms with Crippen molar-refractivity contribution >= 4 is 38.6 Å². The van der Waals surface area contributed by atoms with Gasteiger partial charge in [0.25, 0.3) is 0 Å². The Bertz CT molecular complexity index is 2840. The van der Waals surface area contributed by atoms with Gasteiger partial charge in [0.05, 0.1) is 0 Å². The van der Waals surface area contributed by atoms with Gasteiger partial charge in [-0.2, -0.15) is 0 Å². The van der Waals surface area contributed by atoms with Crippen LogP contribution in [0.15, 0.2) is 152 Å². The topological polar surface area (TPSA) is 3.24 Å². The Labute approximate surface area is 346 Å². The van der Waals surface area contributed by atoms with Gasteiger partial charge in [-0.25, -0.2) is 0 Å². The number of benzene rings is 8. The van der Waals surface area contributed by atoms with Gasteiger partial charge in [0, 0.05) is 17.1 Å². The molecule has 0 spiro atoms. The largest absolute Gasteiger partial charge is 0.310 e. The molecule has 0 N–H and O–H groups in total. The molecule has 0 atom stereocenters. The van der Waals surface area contributed by atoms with Crippen LogP contribution in [0.3, 0.4) is 0 Å². The monoisotopic (exact) mass is 753 g/mol. The van der Waals surface area contributed by atoms with Crippen molar-refractivity contribution in [2.75, 3.05) is 4.90 Å². The van der Waals surface area contributed by atoms with E-state index >= 15 is 0 Å². The highest BCUT2D eigenvalue weighted by Gasteiger charge is 2.26. The van der Waals surface area contributed by atoms with Crippen molar-refractivity contribution in [3.63, 3.8) is 0 Å². The maximum absolute atomic E-state index is 2.43. The van der Waals surface area contributed by atoms with Crippen LogP contribution < -0.4 is 4.90 Å². The Balaban J connectivity index is 1.15. The van der Waals surface area contributed by atoms with Crippen LogP contribution in [-0.4, -0.2) is 0 Å². The van der Waals surface area contributed by atoms with Gasteiger partial charge < -0.3 is 4.90 Å². The second-order valence-electron chi connectivity index (χ2n) is 19.1. The minimum Gasteiger partial charge on any atom is -0.310 e. The maximum atomic E-state index is 2.43. The van der Waals surface area contributed by atoms with Crippen molar-refractivity contribution < 1.29 is 0 Å². The van der Waals surface area contributed by atoms with E-state index in [9.17, 15) is 0 Å². The molecule has 0 amide bonds. The molecule has 9 rings (SSSR count). The average Bonchev–Trinajstić information content (AvgIpc) is 3.19. The lowest BCUT2D eigenvalue weighted by molar-refractivity contribution is 0.590. The number of aryl methyl sites for hydroxylation is 1. The normalized spacial score (nSPS) is 12.4. The third kappa shape index (κ3) is 6.92. The first-order valence-electron chi connectivity index (χ1n) is 21.1. The van der Waals surface area contributed by atoms with Gasteiger partial charge >= 0.3 is 0 Å². The highest BCUT2D eigenvalue weighted by Crippen LogP contribution is 2.52. The fraction of sp³-hybridized carbons (Fsp3) is 0.228. The summed E-state index contributed by atoms with van der Waals surface area (Å²) < 4.78 is 0. The molecule has 0 aliphatic heterocycles. The highest BCUT2D eigenvalue weighted by molar-refractivity contribution is 6.13. The van der Waals surface area contributed by atoms with Crippen LogP contribution in [0.4, 0.5) is 17.1 Å². The summed E-state index contributed by atoms with van der Waals surface area (Å²) in [7, 11) is 0. The Kier molecular flexibility index (Phi) is 9.20. The second-order valence-corrected chi connectivity index (χ2v) is 19.1. The minimum absolute atomic E-state index is 0.103. The molecule has 0 heterocycles. The molecule has 1 aliphatic carbocycles. The number of nitrogens with zero attached hydrogens (tertiary/aromatic N) is 1. The molecular formula is C57H55N. The number of anilines is 3. The smallest absolute Gasteiger partial charge is 0.0490 e. The molecule has 8 aromatic carbocycles. The van der Waals surface area contributed by atoms with Crippen molar-refractivity contribution in [2.45, 2.75) is 79.6 Å². The van der Waals surface area contributed by atoms with Crippen LogP contribution in [0.5, 0.6) is 0 Å². The lowest BCUT2D eigenvalue weighted by Gasteiger charge is -2.29. The Morgan fingerprint density at radius 3 is 1.40 bits per heavy atom. The summed E-state index contributed by atoms with van der Waals surface area (Å²) in [5.74, 6) is 0.598. The van der Waals surface area contributed by atoms with Crippen LogP contribution in [0, 0.1) is 12.8 Å². The summed E-state index contributed by atoms with van der Waals surface area (Å²) in [6, 6.07) is 57.8. The van der Waals surface area contributed by atoms with Crippen molar-refractivity contribution in [2.24, 2.45) is 5.92 Å². The first kappa shape index (κ1) is 37.6. The van der Waals surface area contributed by atoms with Gasteiger partial charge in [0.1, 0.15) is 0 Å². The van der Waals surface area contributed by atoms with Crippen LogP contribution in [0.2, 0.25) is 0 Å². The third-order valence-corrected chi connectivity index (χ3v) is 12.2. The summed E-state index contributed by atoms with van der Waals surface area (Å²) in [5, 5.41) is 5.07. The van der Waals surface area contributed by atoms with Crippen LogP contribution >= 0.6 is 0 Å². The van der Waals surface area contributed by atoms with Crippen molar-refractivity contribution in [3.8, 4) is 44.5 Å². The van der Waals surface area contributed by atoms with E-state index in [0.29, 0.717) is 5.92 Å². The first-order chi connectivity index (χ1) is 27.7. The average molecular weight is 754 g/mol. The molecule has 0 radical (unpaired) electrons. The summed E-state index contributed by atoms with van der Waals surface area (Å²) >= 11 is 0. The quantitative estimate of drug-likeness (QED) is 0.157. The van der Waals surface area contributed by atoms with Gasteiger partial charge in [0.15, 0.2) is 0 Å². The number of rotatable bonds is 7. The van der Waals surface area contributed by atoms with Gasteiger partial charge in [-0.1, -0.05) is 140 Å². The van der Waals surface area contributed by atoms with E-state index in [1.54, 1.807) is 0 Å². The third-order valence-electron chi connectivity index (χ3n) is 12.2. The molecule has 0 aromatic heterocycles. The van der Waals surface area contributed by atoms with Gasteiger partial charge in [-0.3, -0.25) is 0 Å². The van der Waals surface area contributed by atoms with E-state index in [4.69, 9.17) is 0 Å². The molecule has 288 valence electrons. The van der Waals surface area contributed by atoms with E-state index in [0.717, 1.165) is 6.42 Å². The molecule has 0 saturated carbocycles. The zero-order valence-corrected chi connectivity index (χ0v) is 35.7. The Morgan fingerprint density at radius 2 is 0.897 bits per heavy atom. The highest BCUT2D eigenvalue weighted by atomic mass is 15.1. The minimum atomic E-state index is 0.103. The van der Waals surface area contributed by atoms with Crippen LogP contribution in [-0.2, 0) is 17.3 Å². The van der Waals surface area contributed by atoms with E-state index in [-0.39, 0.29) is 10.8 Å². The summed E-state index contributed by atoms with van der Waals surface area (Å²) in [4.78, 5) is 2.43. The summed E-state index contributed by atoms with van der Waals surface area (Å²) in [6.07, 6.45) is 1.06. The van der Waals surface area contributed by atoms with Gasteiger partial charge in [-0.05, 0) is 185 Å². The SMILES string of the molecule is Cc1ccccc1N(c1cccc(CC(C)C)c1)c1ccc2cc3c(cc2c1)-c1cc2cc(-c4ccc(C(C)(C)C)cc4)c(-c4ccc(C(C)(C)C)cc4)cc2cc1-3. The first-order valence-corrected chi connectivity index (χ1v) is 21.1. The fourth-order valence-electron chi connectivity index (χ4n) is 8.92. The molecule has 0 saturated heterocycles. The maximum Gasteiger partial charge on any atom is 0.0490 e. The lowest BCUT2D eigenvalue weighted by atomic mass is 9.77.